The van der Waals surface area contributed by atoms with E-state index in [9.17, 15) is 0 Å². The highest BCUT2D eigenvalue weighted by Gasteiger charge is 2.12. The Kier molecular flexibility index (Phi) is 9.14. The molecule has 2 rings (SSSR count). The first-order valence-electron chi connectivity index (χ1n) is 8.37. The minimum atomic E-state index is -0.851. The molecule has 0 amide bonds. The van der Waals surface area contributed by atoms with Crippen LogP contribution < -0.4 is 9.47 Å². The van der Waals surface area contributed by atoms with Crippen molar-refractivity contribution >= 4 is 11.8 Å². The van der Waals surface area contributed by atoms with Gasteiger partial charge in [0.1, 0.15) is 11.5 Å². The number of thioether (sulfide) groups is 1. The summed E-state index contributed by atoms with van der Waals surface area (Å²) in [5.41, 5.74) is 1.60. The second kappa shape index (κ2) is 11.6. The molecule has 0 fully saturated rings. The van der Waals surface area contributed by atoms with E-state index in [-0.39, 0.29) is 0 Å². The molecular weight excluding hydrogens is 380 g/mol. The molecule has 6 nitrogen and oxygen atoms in total. The molecule has 0 aromatic heterocycles. The van der Waals surface area contributed by atoms with Crippen LogP contribution in [0.5, 0.6) is 11.5 Å². The highest BCUT2D eigenvalue weighted by molar-refractivity contribution is 7.98. The Hall–Kier alpha value is -2.21. The van der Waals surface area contributed by atoms with E-state index >= 15 is 0 Å². The first-order chi connectivity index (χ1) is 13.6. The van der Waals surface area contributed by atoms with Crippen LogP contribution in [0.4, 0.5) is 0 Å². The van der Waals surface area contributed by atoms with Crippen LogP contribution in [-0.2, 0) is 18.9 Å². The molecule has 2 aromatic carbocycles. The largest absolute Gasteiger partial charge is 0.441 e. The maximum Gasteiger partial charge on any atom is 0.315 e. The lowest BCUT2D eigenvalue weighted by atomic mass is 10.1. The molecule has 7 heteroatoms. The smallest absolute Gasteiger partial charge is 0.315 e. The van der Waals surface area contributed by atoms with Crippen molar-refractivity contribution in [2.24, 2.45) is 0 Å². The fraction of sp³-hybridized carbons (Fsp3) is 0.333. The van der Waals surface area contributed by atoms with Gasteiger partial charge in [-0.2, -0.15) is 0 Å². The van der Waals surface area contributed by atoms with Gasteiger partial charge in [0.05, 0.1) is 0 Å². The van der Waals surface area contributed by atoms with Crippen LogP contribution in [0.1, 0.15) is 11.1 Å². The van der Waals surface area contributed by atoms with Gasteiger partial charge >= 0.3 is 13.0 Å². The van der Waals surface area contributed by atoms with E-state index in [1.807, 2.05) is 30.5 Å². The van der Waals surface area contributed by atoms with Gasteiger partial charge in [0, 0.05) is 50.5 Å². The van der Waals surface area contributed by atoms with Gasteiger partial charge in [-0.25, -0.2) is 0 Å². The Morgan fingerprint density at radius 1 is 0.679 bits per heavy atom. The zero-order valence-electron chi connectivity index (χ0n) is 16.6. The molecule has 0 atom stereocenters. The van der Waals surface area contributed by atoms with Crippen LogP contribution in [0.15, 0.2) is 47.4 Å². The monoisotopic (exact) mass is 404 g/mol. The van der Waals surface area contributed by atoms with Crippen molar-refractivity contribution in [2.75, 3.05) is 34.7 Å². The molecule has 0 aliphatic rings. The predicted octanol–water partition coefficient (Wildman–Crippen LogP) is 3.72. The molecule has 0 spiro atoms. The van der Waals surface area contributed by atoms with E-state index in [1.54, 1.807) is 30.0 Å². The minimum Gasteiger partial charge on any atom is -0.441 e. The maximum atomic E-state index is 5.65. The fourth-order valence-corrected chi connectivity index (χ4v) is 2.61. The van der Waals surface area contributed by atoms with Crippen molar-refractivity contribution in [3.8, 4) is 23.3 Å². The highest BCUT2D eigenvalue weighted by Crippen LogP contribution is 2.25. The Bertz CT molecular complexity index is 757. The molecule has 0 radical (unpaired) electrons. The number of hydrogen-bond donors (Lipinski definition) is 0. The molecule has 0 unspecified atom stereocenters. The minimum absolute atomic E-state index is 0.471. The number of ether oxygens (including phenoxy) is 6. The lowest BCUT2D eigenvalue weighted by Gasteiger charge is -2.18. The molecule has 0 saturated heterocycles. The summed E-state index contributed by atoms with van der Waals surface area (Å²) < 4.78 is 31.6. The Morgan fingerprint density at radius 3 is 1.57 bits per heavy atom. The van der Waals surface area contributed by atoms with Gasteiger partial charge in [0.2, 0.25) is 0 Å². The second-order valence-corrected chi connectivity index (χ2v) is 6.31. The SMILES string of the molecule is COC(OC)Oc1cc(C#Cc2ccc(SC)cc2)cc(OC(OC)OC)c1. The Balaban J connectivity index is 2.31. The number of methoxy groups -OCH3 is 4. The van der Waals surface area contributed by atoms with Crippen LogP contribution >= 0.6 is 11.8 Å². The Morgan fingerprint density at radius 2 is 1.14 bits per heavy atom. The van der Waals surface area contributed by atoms with Crippen molar-refractivity contribution < 1.29 is 28.4 Å². The maximum absolute atomic E-state index is 5.65. The summed E-state index contributed by atoms with van der Waals surface area (Å²) in [4.78, 5) is 1.19. The van der Waals surface area contributed by atoms with Crippen molar-refractivity contribution in [3.63, 3.8) is 0 Å². The molecule has 0 aliphatic heterocycles. The molecule has 0 bridgehead atoms. The van der Waals surface area contributed by atoms with E-state index in [0.29, 0.717) is 17.1 Å². The van der Waals surface area contributed by atoms with Crippen LogP contribution in [0.2, 0.25) is 0 Å². The van der Waals surface area contributed by atoms with E-state index in [1.165, 1.54) is 33.3 Å². The summed E-state index contributed by atoms with van der Waals surface area (Å²) >= 11 is 1.69. The fourth-order valence-electron chi connectivity index (χ4n) is 2.21. The third-order valence-corrected chi connectivity index (χ3v) is 4.30. The van der Waals surface area contributed by atoms with Crippen LogP contribution in [0.3, 0.4) is 0 Å². The topological polar surface area (TPSA) is 55.4 Å². The molecular formula is C21H24O6S. The molecule has 2 aromatic rings. The average Bonchev–Trinajstić information content (AvgIpc) is 2.74. The summed E-state index contributed by atoms with van der Waals surface area (Å²) in [6.45, 7) is -1.70. The van der Waals surface area contributed by atoms with Gasteiger partial charge in [-0.1, -0.05) is 11.8 Å². The highest BCUT2D eigenvalue weighted by atomic mass is 32.2. The van der Waals surface area contributed by atoms with E-state index in [2.05, 4.69) is 11.8 Å². The lowest BCUT2D eigenvalue weighted by molar-refractivity contribution is -0.221. The zero-order valence-corrected chi connectivity index (χ0v) is 17.4. The molecule has 150 valence electrons. The van der Waals surface area contributed by atoms with Gasteiger partial charge < -0.3 is 28.4 Å². The summed E-state index contributed by atoms with van der Waals surface area (Å²) in [6, 6.07) is 13.3. The Labute approximate surface area is 170 Å². The number of hydrogen-bond acceptors (Lipinski definition) is 7. The molecule has 0 heterocycles. The van der Waals surface area contributed by atoms with Crippen LogP contribution in [-0.4, -0.2) is 47.6 Å². The first kappa shape index (κ1) is 22.1. The van der Waals surface area contributed by atoms with Crippen LogP contribution in [0.25, 0.3) is 0 Å². The first-order valence-corrected chi connectivity index (χ1v) is 9.60. The van der Waals surface area contributed by atoms with Crippen molar-refractivity contribution in [2.45, 2.75) is 17.8 Å². The zero-order chi connectivity index (χ0) is 20.4. The average molecular weight is 404 g/mol. The molecule has 0 aliphatic carbocycles. The standard InChI is InChI=1S/C21H24O6S/c1-22-20(23-2)26-17-12-16(13-18(14-17)27-21(24-3)25-4)7-6-15-8-10-19(28-5)11-9-15/h8-14,20-21H,1-5H3. The van der Waals surface area contributed by atoms with Crippen molar-refractivity contribution in [1.29, 1.82) is 0 Å². The molecule has 0 saturated carbocycles. The van der Waals surface area contributed by atoms with Gasteiger partial charge in [-0.05, 0) is 42.7 Å². The van der Waals surface area contributed by atoms with E-state index in [4.69, 9.17) is 28.4 Å². The quantitative estimate of drug-likeness (QED) is 0.359. The summed E-state index contributed by atoms with van der Waals surface area (Å²) in [5.74, 6) is 7.19. The van der Waals surface area contributed by atoms with Gasteiger partial charge in [-0.3, -0.25) is 0 Å². The van der Waals surface area contributed by atoms with E-state index in [0.717, 1.165) is 5.56 Å². The third kappa shape index (κ3) is 6.75. The summed E-state index contributed by atoms with van der Waals surface area (Å²) in [7, 11) is 5.94. The molecule has 28 heavy (non-hydrogen) atoms. The second-order valence-electron chi connectivity index (χ2n) is 5.43. The predicted molar refractivity (Wildman–Crippen MR) is 108 cm³/mol. The lowest BCUT2D eigenvalue weighted by Crippen LogP contribution is -2.22. The normalized spacial score (nSPS) is 10.7. The third-order valence-electron chi connectivity index (χ3n) is 3.56. The van der Waals surface area contributed by atoms with Crippen molar-refractivity contribution in [1.82, 2.24) is 0 Å². The van der Waals surface area contributed by atoms with Crippen molar-refractivity contribution in [3.05, 3.63) is 53.6 Å². The number of benzene rings is 2. The van der Waals surface area contributed by atoms with Gasteiger partial charge in [0.15, 0.2) is 0 Å². The summed E-state index contributed by atoms with van der Waals surface area (Å²) in [5, 5.41) is 0. The molecule has 0 N–H and O–H groups in total. The van der Waals surface area contributed by atoms with E-state index < -0.39 is 13.0 Å². The number of rotatable bonds is 9. The van der Waals surface area contributed by atoms with Gasteiger partial charge in [0.25, 0.3) is 0 Å². The van der Waals surface area contributed by atoms with Crippen LogP contribution in [0, 0.1) is 11.8 Å². The summed E-state index contributed by atoms with van der Waals surface area (Å²) in [6.07, 6.45) is 2.04. The van der Waals surface area contributed by atoms with Gasteiger partial charge in [-0.15, -0.1) is 11.8 Å².